The molecule has 1 aromatic heterocycles. The first kappa shape index (κ1) is 12.5. The van der Waals surface area contributed by atoms with Crippen molar-refractivity contribution in [1.82, 2.24) is 4.98 Å². The van der Waals surface area contributed by atoms with Gasteiger partial charge in [-0.25, -0.2) is 4.98 Å². The van der Waals surface area contributed by atoms with Gasteiger partial charge in [-0.05, 0) is 6.07 Å². The Kier molecular flexibility index (Phi) is 3.58. The van der Waals surface area contributed by atoms with E-state index in [-0.39, 0.29) is 24.2 Å². The highest BCUT2D eigenvalue weighted by Gasteiger charge is 2.22. The maximum Gasteiger partial charge on any atom is 0.311 e. The van der Waals surface area contributed by atoms with Gasteiger partial charge >= 0.3 is 5.69 Å². The average molecular weight is 254 g/mol. The predicted molar refractivity (Wildman–Crippen MR) is 64.3 cm³/mol. The topological polar surface area (TPSA) is 115 Å². The van der Waals surface area contributed by atoms with E-state index in [1.54, 1.807) is 6.07 Å². The normalized spacial score (nSPS) is 19.8. The van der Waals surface area contributed by atoms with Gasteiger partial charge in [-0.2, -0.15) is 0 Å². The zero-order valence-electron chi connectivity index (χ0n) is 9.65. The maximum atomic E-state index is 10.6. The third kappa shape index (κ3) is 2.49. The molecule has 18 heavy (non-hydrogen) atoms. The van der Waals surface area contributed by atoms with Gasteiger partial charge in [0.1, 0.15) is 5.82 Å². The van der Waals surface area contributed by atoms with Gasteiger partial charge in [0.15, 0.2) is 0 Å². The number of nitrogens with two attached hydrogens (primary N) is 1. The van der Waals surface area contributed by atoms with Crippen LogP contribution in [-0.2, 0) is 4.74 Å². The van der Waals surface area contributed by atoms with Crippen molar-refractivity contribution in [1.29, 1.82) is 0 Å². The van der Waals surface area contributed by atoms with E-state index < -0.39 is 4.92 Å². The summed E-state index contributed by atoms with van der Waals surface area (Å²) >= 11 is 0. The van der Waals surface area contributed by atoms with Crippen molar-refractivity contribution >= 4 is 17.3 Å². The minimum atomic E-state index is -0.568. The summed E-state index contributed by atoms with van der Waals surface area (Å²) in [5.74, 6) is 0.449. The molecule has 8 nitrogen and oxygen atoms in total. The van der Waals surface area contributed by atoms with Gasteiger partial charge in [0, 0.05) is 19.2 Å². The molecule has 1 aliphatic rings. The van der Waals surface area contributed by atoms with Crippen molar-refractivity contribution in [2.75, 3.05) is 36.9 Å². The predicted octanol–water partition coefficient (Wildman–Crippen LogP) is -0.231. The lowest BCUT2D eigenvalue weighted by Crippen LogP contribution is -2.44. The van der Waals surface area contributed by atoms with Crippen LogP contribution in [0.15, 0.2) is 12.1 Å². The first-order valence-corrected chi connectivity index (χ1v) is 5.50. The minimum Gasteiger partial charge on any atom is -0.394 e. The van der Waals surface area contributed by atoms with Gasteiger partial charge < -0.3 is 20.5 Å². The van der Waals surface area contributed by atoms with Gasteiger partial charge in [-0.15, -0.1) is 0 Å². The second-order valence-corrected chi connectivity index (χ2v) is 3.95. The van der Waals surface area contributed by atoms with E-state index in [0.717, 1.165) is 0 Å². The summed E-state index contributed by atoms with van der Waals surface area (Å²) in [5.41, 5.74) is 5.33. The summed E-state index contributed by atoms with van der Waals surface area (Å²) < 4.78 is 5.31. The molecule has 0 spiro atoms. The zero-order valence-corrected chi connectivity index (χ0v) is 9.65. The fraction of sp³-hybridized carbons (Fsp3) is 0.500. The van der Waals surface area contributed by atoms with E-state index >= 15 is 0 Å². The molecule has 1 unspecified atom stereocenters. The summed E-state index contributed by atoms with van der Waals surface area (Å²) in [6, 6.07) is 2.88. The number of aliphatic hydroxyl groups excluding tert-OH is 1. The molecule has 0 radical (unpaired) electrons. The second-order valence-electron chi connectivity index (χ2n) is 3.95. The monoisotopic (exact) mass is 254 g/mol. The van der Waals surface area contributed by atoms with E-state index in [4.69, 9.17) is 15.6 Å². The lowest BCUT2D eigenvalue weighted by atomic mass is 10.2. The van der Waals surface area contributed by atoms with Gasteiger partial charge in [0.25, 0.3) is 0 Å². The van der Waals surface area contributed by atoms with Crippen molar-refractivity contribution in [2.45, 2.75) is 6.10 Å². The molecule has 98 valence electrons. The lowest BCUT2D eigenvalue weighted by molar-refractivity contribution is -0.384. The molecule has 0 amide bonds. The Balaban J connectivity index is 2.18. The van der Waals surface area contributed by atoms with E-state index in [2.05, 4.69) is 4.98 Å². The molecular weight excluding hydrogens is 240 g/mol. The van der Waals surface area contributed by atoms with Crippen LogP contribution in [0.2, 0.25) is 0 Å². The molecule has 0 bridgehead atoms. The van der Waals surface area contributed by atoms with Crippen molar-refractivity contribution in [3.05, 3.63) is 22.2 Å². The highest BCUT2D eigenvalue weighted by Crippen LogP contribution is 2.24. The van der Waals surface area contributed by atoms with Crippen LogP contribution in [-0.4, -0.2) is 47.4 Å². The van der Waals surface area contributed by atoms with Gasteiger partial charge in [-0.1, -0.05) is 0 Å². The third-order valence-corrected chi connectivity index (χ3v) is 2.75. The van der Waals surface area contributed by atoms with E-state index in [9.17, 15) is 10.1 Å². The standard InChI is InChI=1S/C10H14N4O4/c11-10-8(14(16)17)1-2-9(12-10)13-3-4-18-7(5-13)6-15/h1-2,7,15H,3-6H2,(H2,11,12). The quantitative estimate of drug-likeness (QED) is 0.565. The SMILES string of the molecule is Nc1nc(N2CCOC(CO)C2)ccc1[N+](=O)[O-]. The van der Waals surface area contributed by atoms with Gasteiger partial charge in [-0.3, -0.25) is 10.1 Å². The smallest absolute Gasteiger partial charge is 0.311 e. The molecule has 1 saturated heterocycles. The van der Waals surface area contributed by atoms with Crippen LogP contribution < -0.4 is 10.6 Å². The highest BCUT2D eigenvalue weighted by atomic mass is 16.6. The summed E-state index contributed by atoms with van der Waals surface area (Å²) in [6.07, 6.45) is -0.267. The maximum absolute atomic E-state index is 10.6. The molecule has 0 saturated carbocycles. The van der Waals surface area contributed by atoms with Crippen LogP contribution in [0.5, 0.6) is 0 Å². The van der Waals surface area contributed by atoms with Crippen molar-refractivity contribution in [2.24, 2.45) is 0 Å². The number of pyridine rings is 1. The molecule has 1 atom stereocenters. The van der Waals surface area contributed by atoms with Crippen LogP contribution in [0, 0.1) is 10.1 Å². The molecule has 2 heterocycles. The summed E-state index contributed by atoms with van der Waals surface area (Å²) in [6.45, 7) is 1.50. The Hall–Kier alpha value is -1.93. The highest BCUT2D eigenvalue weighted by molar-refractivity contribution is 5.58. The third-order valence-electron chi connectivity index (χ3n) is 2.75. The molecule has 3 N–H and O–H groups in total. The Morgan fingerprint density at radius 2 is 2.44 bits per heavy atom. The number of nitrogen functional groups attached to an aromatic ring is 1. The number of nitro groups is 1. The number of ether oxygens (including phenoxy) is 1. The Morgan fingerprint density at radius 3 is 3.06 bits per heavy atom. The van der Waals surface area contributed by atoms with Crippen molar-refractivity contribution in [3.63, 3.8) is 0 Å². The zero-order chi connectivity index (χ0) is 13.1. The summed E-state index contributed by atoms with van der Waals surface area (Å²) in [5, 5.41) is 19.7. The van der Waals surface area contributed by atoms with Crippen LogP contribution in [0.3, 0.4) is 0 Å². The van der Waals surface area contributed by atoms with Crippen LogP contribution >= 0.6 is 0 Å². The number of hydrogen-bond acceptors (Lipinski definition) is 7. The fourth-order valence-electron chi connectivity index (χ4n) is 1.83. The van der Waals surface area contributed by atoms with Gasteiger partial charge in [0.05, 0.1) is 24.2 Å². The summed E-state index contributed by atoms with van der Waals surface area (Å²) in [4.78, 5) is 16.0. The number of anilines is 2. The second kappa shape index (κ2) is 5.15. The molecule has 1 fully saturated rings. The van der Waals surface area contributed by atoms with Crippen LogP contribution in [0.25, 0.3) is 0 Å². The Labute approximate surface area is 103 Å². The molecule has 1 aliphatic heterocycles. The number of nitrogens with zero attached hydrogens (tertiary/aromatic N) is 3. The molecule has 0 aromatic carbocycles. The summed E-state index contributed by atoms with van der Waals surface area (Å²) in [7, 11) is 0. The molecule has 8 heteroatoms. The number of morpholine rings is 1. The largest absolute Gasteiger partial charge is 0.394 e. The molecule has 0 aliphatic carbocycles. The number of rotatable bonds is 3. The van der Waals surface area contributed by atoms with E-state index in [0.29, 0.717) is 25.5 Å². The average Bonchev–Trinajstić information content (AvgIpc) is 2.38. The van der Waals surface area contributed by atoms with Crippen LogP contribution in [0.4, 0.5) is 17.3 Å². The fourth-order valence-corrected chi connectivity index (χ4v) is 1.83. The van der Waals surface area contributed by atoms with Crippen LogP contribution in [0.1, 0.15) is 0 Å². The Morgan fingerprint density at radius 1 is 1.67 bits per heavy atom. The Bertz CT molecular complexity index is 454. The first-order valence-electron chi connectivity index (χ1n) is 5.50. The van der Waals surface area contributed by atoms with Crippen molar-refractivity contribution in [3.8, 4) is 0 Å². The van der Waals surface area contributed by atoms with Crippen molar-refractivity contribution < 1.29 is 14.8 Å². The number of aromatic nitrogens is 1. The molecular formula is C10H14N4O4. The first-order chi connectivity index (χ1) is 8.61. The molecule has 2 rings (SSSR count). The number of hydrogen-bond donors (Lipinski definition) is 2. The van der Waals surface area contributed by atoms with E-state index in [1.807, 2.05) is 4.90 Å². The number of aliphatic hydroxyl groups is 1. The lowest BCUT2D eigenvalue weighted by Gasteiger charge is -2.32. The van der Waals surface area contributed by atoms with Gasteiger partial charge in [0.2, 0.25) is 5.82 Å². The molecule has 1 aromatic rings. The van der Waals surface area contributed by atoms with E-state index in [1.165, 1.54) is 6.07 Å². The minimum absolute atomic E-state index is 0.0705.